The van der Waals surface area contributed by atoms with Crippen molar-refractivity contribution >= 4 is 22.4 Å². The number of carbonyl (C=O) groups is 1. The van der Waals surface area contributed by atoms with Crippen LogP contribution < -0.4 is 5.32 Å². The normalized spacial score (nSPS) is 23.7. The Morgan fingerprint density at radius 1 is 1.53 bits per heavy atom. The number of anilines is 1. The standard InChI is InChI=1S/C12H18N2O2S/c1-7-5-4-6-9(7)13-12-14-10(8(2)17-12)11(15)16-3/h7,9H,4-6H2,1-3H3,(H,13,14). The van der Waals surface area contributed by atoms with Gasteiger partial charge in [0.15, 0.2) is 10.8 Å². The van der Waals surface area contributed by atoms with Crippen LogP contribution in [0.2, 0.25) is 0 Å². The molecule has 0 saturated heterocycles. The minimum absolute atomic E-state index is 0.355. The quantitative estimate of drug-likeness (QED) is 0.843. The van der Waals surface area contributed by atoms with Crippen LogP contribution in [0, 0.1) is 12.8 Å². The number of rotatable bonds is 3. The van der Waals surface area contributed by atoms with E-state index in [1.165, 1.54) is 37.7 Å². The van der Waals surface area contributed by atoms with E-state index in [0.29, 0.717) is 17.7 Å². The summed E-state index contributed by atoms with van der Waals surface area (Å²) >= 11 is 1.52. The van der Waals surface area contributed by atoms with E-state index in [1.54, 1.807) is 0 Å². The predicted molar refractivity (Wildman–Crippen MR) is 68.6 cm³/mol. The molecule has 1 aliphatic carbocycles. The summed E-state index contributed by atoms with van der Waals surface area (Å²) in [5, 5.41) is 4.27. The van der Waals surface area contributed by atoms with Crippen LogP contribution in [0.25, 0.3) is 0 Å². The van der Waals surface area contributed by atoms with Gasteiger partial charge in [-0.15, -0.1) is 11.3 Å². The molecule has 1 N–H and O–H groups in total. The zero-order valence-corrected chi connectivity index (χ0v) is 11.3. The van der Waals surface area contributed by atoms with Crippen molar-refractivity contribution in [2.75, 3.05) is 12.4 Å². The van der Waals surface area contributed by atoms with Gasteiger partial charge in [-0.3, -0.25) is 0 Å². The van der Waals surface area contributed by atoms with Crippen molar-refractivity contribution in [1.29, 1.82) is 0 Å². The Morgan fingerprint density at radius 3 is 2.88 bits per heavy atom. The summed E-state index contributed by atoms with van der Waals surface area (Å²) in [5.41, 5.74) is 0.436. The van der Waals surface area contributed by atoms with E-state index in [1.807, 2.05) is 6.92 Å². The summed E-state index contributed by atoms with van der Waals surface area (Å²) in [5.74, 6) is 0.326. The molecule has 94 valence electrons. The van der Waals surface area contributed by atoms with Crippen molar-refractivity contribution in [3.8, 4) is 0 Å². The van der Waals surface area contributed by atoms with E-state index in [-0.39, 0.29) is 5.97 Å². The predicted octanol–water partition coefficient (Wildman–Crippen LogP) is 2.84. The Bertz CT molecular complexity index is 417. The van der Waals surface area contributed by atoms with Crippen LogP contribution in [-0.4, -0.2) is 24.1 Å². The van der Waals surface area contributed by atoms with Crippen molar-refractivity contribution < 1.29 is 9.53 Å². The first kappa shape index (κ1) is 12.4. The van der Waals surface area contributed by atoms with Crippen LogP contribution in [0.4, 0.5) is 5.13 Å². The zero-order chi connectivity index (χ0) is 12.4. The number of esters is 1. The third-order valence-electron chi connectivity index (χ3n) is 3.35. The Balaban J connectivity index is 2.09. The second-order valence-electron chi connectivity index (χ2n) is 4.57. The molecular weight excluding hydrogens is 236 g/mol. The number of hydrogen-bond donors (Lipinski definition) is 1. The molecule has 0 bridgehead atoms. The van der Waals surface area contributed by atoms with E-state index in [0.717, 1.165) is 10.0 Å². The lowest BCUT2D eigenvalue weighted by molar-refractivity contribution is 0.0594. The zero-order valence-electron chi connectivity index (χ0n) is 10.4. The van der Waals surface area contributed by atoms with Crippen molar-refractivity contribution in [2.45, 2.75) is 39.2 Å². The Kier molecular flexibility index (Phi) is 3.66. The van der Waals surface area contributed by atoms with Gasteiger partial charge in [-0.2, -0.15) is 0 Å². The molecule has 0 aliphatic heterocycles. The molecule has 17 heavy (non-hydrogen) atoms. The first-order chi connectivity index (χ1) is 8.11. The maximum absolute atomic E-state index is 11.4. The van der Waals surface area contributed by atoms with Crippen molar-refractivity contribution in [3.63, 3.8) is 0 Å². The average molecular weight is 254 g/mol. The lowest BCUT2D eigenvalue weighted by Crippen LogP contribution is -2.21. The van der Waals surface area contributed by atoms with Gasteiger partial charge in [-0.25, -0.2) is 9.78 Å². The number of carbonyl (C=O) groups excluding carboxylic acids is 1. The van der Waals surface area contributed by atoms with Gasteiger partial charge in [0.05, 0.1) is 7.11 Å². The van der Waals surface area contributed by atoms with Crippen LogP contribution in [-0.2, 0) is 4.74 Å². The molecule has 2 unspecified atom stereocenters. The van der Waals surface area contributed by atoms with E-state index in [2.05, 4.69) is 17.2 Å². The van der Waals surface area contributed by atoms with Crippen molar-refractivity contribution in [3.05, 3.63) is 10.6 Å². The monoisotopic (exact) mass is 254 g/mol. The van der Waals surface area contributed by atoms with E-state index in [9.17, 15) is 4.79 Å². The number of hydrogen-bond acceptors (Lipinski definition) is 5. The molecule has 1 fully saturated rings. The second-order valence-corrected chi connectivity index (χ2v) is 5.78. The van der Waals surface area contributed by atoms with Crippen molar-refractivity contribution in [1.82, 2.24) is 4.98 Å². The van der Waals surface area contributed by atoms with E-state index < -0.39 is 0 Å². The number of aromatic nitrogens is 1. The first-order valence-corrected chi connectivity index (χ1v) is 6.75. The van der Waals surface area contributed by atoms with Gasteiger partial charge < -0.3 is 10.1 Å². The van der Waals surface area contributed by atoms with Gasteiger partial charge in [0.1, 0.15) is 0 Å². The molecule has 2 rings (SSSR count). The molecule has 0 radical (unpaired) electrons. The van der Waals surface area contributed by atoms with Gasteiger partial charge in [-0.1, -0.05) is 13.3 Å². The molecule has 1 aromatic rings. The fourth-order valence-electron chi connectivity index (χ4n) is 2.26. The summed E-state index contributed by atoms with van der Waals surface area (Å²) in [7, 11) is 1.38. The number of nitrogens with one attached hydrogen (secondary N) is 1. The summed E-state index contributed by atoms with van der Waals surface area (Å²) in [6.45, 7) is 4.15. The molecule has 1 aliphatic rings. The van der Waals surface area contributed by atoms with Gasteiger partial charge in [-0.05, 0) is 25.7 Å². The van der Waals surface area contributed by atoms with Gasteiger partial charge in [0.25, 0.3) is 0 Å². The molecule has 0 amide bonds. The van der Waals surface area contributed by atoms with Crippen LogP contribution in [0.15, 0.2) is 0 Å². The van der Waals surface area contributed by atoms with Gasteiger partial charge in [0, 0.05) is 10.9 Å². The summed E-state index contributed by atoms with van der Waals surface area (Å²) in [6, 6.07) is 0.492. The van der Waals surface area contributed by atoms with Gasteiger partial charge >= 0.3 is 5.97 Å². The summed E-state index contributed by atoms with van der Waals surface area (Å²) in [6.07, 6.45) is 3.73. The second kappa shape index (κ2) is 5.04. The molecule has 0 spiro atoms. The van der Waals surface area contributed by atoms with Gasteiger partial charge in [0.2, 0.25) is 0 Å². The molecule has 2 atom stereocenters. The number of aryl methyl sites for hydroxylation is 1. The lowest BCUT2D eigenvalue weighted by atomic mass is 10.1. The summed E-state index contributed by atoms with van der Waals surface area (Å²) < 4.78 is 4.70. The molecule has 1 saturated carbocycles. The molecule has 1 aromatic heterocycles. The molecule has 4 nitrogen and oxygen atoms in total. The fourth-order valence-corrected chi connectivity index (χ4v) is 3.13. The highest BCUT2D eigenvalue weighted by Crippen LogP contribution is 2.30. The Labute approximate surface area is 105 Å². The first-order valence-electron chi connectivity index (χ1n) is 5.94. The van der Waals surface area contributed by atoms with Crippen LogP contribution >= 0.6 is 11.3 Å². The topological polar surface area (TPSA) is 51.2 Å². The maximum Gasteiger partial charge on any atom is 0.357 e. The molecule has 5 heteroatoms. The number of methoxy groups -OCH3 is 1. The fraction of sp³-hybridized carbons (Fsp3) is 0.667. The highest BCUT2D eigenvalue weighted by Gasteiger charge is 2.25. The molecular formula is C12H18N2O2S. The largest absolute Gasteiger partial charge is 0.464 e. The SMILES string of the molecule is COC(=O)c1nc(NC2CCCC2C)sc1C. The molecule has 1 heterocycles. The molecule has 0 aromatic carbocycles. The van der Waals surface area contributed by atoms with E-state index >= 15 is 0 Å². The van der Waals surface area contributed by atoms with Crippen molar-refractivity contribution in [2.24, 2.45) is 5.92 Å². The van der Waals surface area contributed by atoms with E-state index in [4.69, 9.17) is 4.74 Å². The minimum Gasteiger partial charge on any atom is -0.464 e. The highest BCUT2D eigenvalue weighted by molar-refractivity contribution is 7.15. The van der Waals surface area contributed by atoms with Crippen LogP contribution in [0.1, 0.15) is 41.6 Å². The Morgan fingerprint density at radius 2 is 2.29 bits per heavy atom. The number of ether oxygens (including phenoxy) is 1. The number of nitrogens with zero attached hydrogens (tertiary/aromatic N) is 1. The lowest BCUT2D eigenvalue weighted by Gasteiger charge is -2.15. The number of thiazole rings is 1. The third kappa shape index (κ3) is 2.60. The maximum atomic E-state index is 11.4. The third-order valence-corrected chi connectivity index (χ3v) is 4.25. The average Bonchev–Trinajstić information content (AvgIpc) is 2.86. The van der Waals surface area contributed by atoms with Crippen LogP contribution in [0.3, 0.4) is 0 Å². The Hall–Kier alpha value is -1.10. The highest BCUT2D eigenvalue weighted by atomic mass is 32.1. The minimum atomic E-state index is -0.355. The van der Waals surface area contributed by atoms with Crippen LogP contribution in [0.5, 0.6) is 0 Å². The smallest absolute Gasteiger partial charge is 0.357 e. The summed E-state index contributed by atoms with van der Waals surface area (Å²) in [4.78, 5) is 16.7.